The summed E-state index contributed by atoms with van der Waals surface area (Å²) in [6, 6.07) is 19.5. The SMILES string of the molecule is CCc1c(C#N)c(-c2ccc(-c3ccccc3C#N)cc2)c(C(=O)NC)n1C. The van der Waals surface area contributed by atoms with Crippen LogP contribution in [0.2, 0.25) is 0 Å². The summed E-state index contributed by atoms with van der Waals surface area (Å²) in [4.78, 5) is 12.5. The number of hydrogen-bond acceptors (Lipinski definition) is 3. The van der Waals surface area contributed by atoms with Crippen LogP contribution >= 0.6 is 0 Å². The maximum Gasteiger partial charge on any atom is 0.268 e. The van der Waals surface area contributed by atoms with E-state index >= 15 is 0 Å². The minimum absolute atomic E-state index is 0.229. The number of hydrogen-bond donors (Lipinski definition) is 1. The number of carbonyl (C=O) groups excluding carboxylic acids is 1. The van der Waals surface area contributed by atoms with Gasteiger partial charge in [0, 0.05) is 25.4 Å². The van der Waals surface area contributed by atoms with Gasteiger partial charge in [0.05, 0.1) is 17.2 Å². The van der Waals surface area contributed by atoms with Crippen molar-refractivity contribution in [3.63, 3.8) is 0 Å². The second kappa shape index (κ2) is 7.82. The van der Waals surface area contributed by atoms with Gasteiger partial charge >= 0.3 is 0 Å². The molecule has 0 bridgehead atoms. The first-order chi connectivity index (χ1) is 13.6. The second-order valence-electron chi connectivity index (χ2n) is 6.38. The topological polar surface area (TPSA) is 81.6 Å². The van der Waals surface area contributed by atoms with Crippen molar-refractivity contribution in [3.8, 4) is 34.4 Å². The van der Waals surface area contributed by atoms with E-state index in [1.807, 2.05) is 56.4 Å². The van der Waals surface area contributed by atoms with Gasteiger partial charge in [-0.3, -0.25) is 4.79 Å². The lowest BCUT2D eigenvalue weighted by molar-refractivity contribution is 0.0955. The summed E-state index contributed by atoms with van der Waals surface area (Å²) in [6.07, 6.45) is 0.650. The lowest BCUT2D eigenvalue weighted by Gasteiger charge is -2.09. The van der Waals surface area contributed by atoms with Crippen molar-refractivity contribution in [2.75, 3.05) is 7.05 Å². The first-order valence-corrected chi connectivity index (χ1v) is 9.01. The predicted molar refractivity (Wildman–Crippen MR) is 108 cm³/mol. The molecule has 28 heavy (non-hydrogen) atoms. The number of nitrogens with zero attached hydrogens (tertiary/aromatic N) is 3. The summed E-state index contributed by atoms with van der Waals surface area (Å²) < 4.78 is 1.80. The molecule has 3 rings (SSSR count). The fourth-order valence-electron chi connectivity index (χ4n) is 3.58. The van der Waals surface area contributed by atoms with Gasteiger partial charge < -0.3 is 9.88 Å². The van der Waals surface area contributed by atoms with Crippen molar-refractivity contribution in [1.82, 2.24) is 9.88 Å². The monoisotopic (exact) mass is 368 g/mol. The molecule has 0 aliphatic rings. The van der Waals surface area contributed by atoms with Crippen LogP contribution < -0.4 is 5.32 Å². The Labute approximate surface area is 164 Å². The zero-order valence-corrected chi connectivity index (χ0v) is 16.1. The molecule has 0 saturated heterocycles. The van der Waals surface area contributed by atoms with Crippen LogP contribution in [0.25, 0.3) is 22.3 Å². The molecule has 1 N–H and O–H groups in total. The van der Waals surface area contributed by atoms with Crippen LogP contribution in [0.1, 0.15) is 34.2 Å². The van der Waals surface area contributed by atoms with Crippen molar-refractivity contribution in [3.05, 3.63) is 71.0 Å². The molecular weight excluding hydrogens is 348 g/mol. The summed E-state index contributed by atoms with van der Waals surface area (Å²) in [5, 5.41) is 21.8. The third kappa shape index (κ3) is 3.04. The fraction of sp³-hybridized carbons (Fsp3) is 0.174. The molecule has 5 heteroatoms. The molecule has 0 aliphatic heterocycles. The first kappa shape index (κ1) is 18.9. The Morgan fingerprint density at radius 3 is 2.25 bits per heavy atom. The largest absolute Gasteiger partial charge is 0.354 e. The van der Waals surface area contributed by atoms with Gasteiger partial charge in [-0.15, -0.1) is 0 Å². The van der Waals surface area contributed by atoms with Gasteiger partial charge in [0.15, 0.2) is 0 Å². The number of nitriles is 2. The fourth-order valence-corrected chi connectivity index (χ4v) is 3.58. The molecule has 0 fully saturated rings. The molecule has 2 aromatic carbocycles. The molecule has 0 spiro atoms. The van der Waals surface area contributed by atoms with Crippen LogP contribution in [0.5, 0.6) is 0 Å². The van der Waals surface area contributed by atoms with Crippen LogP contribution in [0, 0.1) is 22.7 Å². The number of aromatic nitrogens is 1. The van der Waals surface area contributed by atoms with E-state index in [9.17, 15) is 15.3 Å². The van der Waals surface area contributed by atoms with Gasteiger partial charge in [-0.2, -0.15) is 10.5 Å². The van der Waals surface area contributed by atoms with Crippen LogP contribution in [0.4, 0.5) is 0 Å². The molecule has 5 nitrogen and oxygen atoms in total. The van der Waals surface area contributed by atoms with Gasteiger partial charge in [0.25, 0.3) is 5.91 Å². The van der Waals surface area contributed by atoms with Gasteiger partial charge in [-0.25, -0.2) is 0 Å². The average Bonchev–Trinajstić information content (AvgIpc) is 3.04. The lowest BCUT2D eigenvalue weighted by Crippen LogP contribution is -2.22. The van der Waals surface area contributed by atoms with E-state index in [1.165, 1.54) is 0 Å². The van der Waals surface area contributed by atoms with E-state index < -0.39 is 0 Å². The standard InChI is InChI=1S/C23H20N4O/c1-4-20-19(14-25)21(22(27(20)3)23(28)26-2)16-11-9-15(10-12-16)18-8-6-5-7-17(18)13-24/h5-12H,4H2,1-3H3,(H,26,28). The molecule has 0 atom stereocenters. The van der Waals surface area contributed by atoms with Gasteiger partial charge in [-0.1, -0.05) is 49.4 Å². The van der Waals surface area contributed by atoms with E-state index in [0.717, 1.165) is 22.4 Å². The number of rotatable bonds is 4. The summed E-state index contributed by atoms with van der Waals surface area (Å²) in [5.41, 5.74) is 5.63. The number of benzene rings is 2. The van der Waals surface area contributed by atoms with E-state index in [0.29, 0.717) is 28.8 Å². The normalized spacial score (nSPS) is 10.2. The lowest BCUT2D eigenvalue weighted by atomic mass is 9.95. The Morgan fingerprint density at radius 1 is 1.04 bits per heavy atom. The minimum atomic E-state index is -0.229. The molecule has 0 radical (unpaired) electrons. The van der Waals surface area contributed by atoms with E-state index in [4.69, 9.17) is 0 Å². The maximum atomic E-state index is 12.5. The Bertz CT molecular complexity index is 1130. The van der Waals surface area contributed by atoms with Crippen LogP contribution in [0.3, 0.4) is 0 Å². The Kier molecular flexibility index (Phi) is 5.29. The summed E-state index contributed by atoms with van der Waals surface area (Å²) in [7, 11) is 3.39. The number of carbonyl (C=O) groups is 1. The summed E-state index contributed by atoms with van der Waals surface area (Å²) in [6.45, 7) is 1.97. The predicted octanol–water partition coefficient (Wildman–Crippen LogP) is 4.02. The zero-order valence-electron chi connectivity index (χ0n) is 16.1. The first-order valence-electron chi connectivity index (χ1n) is 9.01. The Hall–Kier alpha value is -3.83. The quantitative estimate of drug-likeness (QED) is 0.755. The van der Waals surface area contributed by atoms with E-state index in [2.05, 4.69) is 17.5 Å². The number of nitrogens with one attached hydrogen (secondary N) is 1. The highest BCUT2D eigenvalue weighted by Gasteiger charge is 2.25. The van der Waals surface area contributed by atoms with Gasteiger partial charge in [-0.05, 0) is 29.2 Å². The van der Waals surface area contributed by atoms with Gasteiger partial charge in [0.2, 0.25) is 0 Å². The average molecular weight is 368 g/mol. The van der Waals surface area contributed by atoms with Crippen molar-refractivity contribution in [2.24, 2.45) is 7.05 Å². The third-order valence-corrected chi connectivity index (χ3v) is 4.94. The molecule has 1 aromatic heterocycles. The molecule has 3 aromatic rings. The maximum absolute atomic E-state index is 12.5. The highest BCUT2D eigenvalue weighted by Crippen LogP contribution is 2.34. The molecule has 0 unspecified atom stereocenters. The zero-order chi connectivity index (χ0) is 20.3. The molecule has 0 saturated carbocycles. The Morgan fingerprint density at radius 2 is 1.68 bits per heavy atom. The molecule has 1 amide bonds. The van der Waals surface area contributed by atoms with E-state index in [1.54, 1.807) is 17.7 Å². The summed E-state index contributed by atoms with van der Waals surface area (Å²) in [5.74, 6) is -0.229. The van der Waals surface area contributed by atoms with Crippen LogP contribution in [-0.4, -0.2) is 17.5 Å². The van der Waals surface area contributed by atoms with Crippen molar-refractivity contribution in [2.45, 2.75) is 13.3 Å². The molecular formula is C23H20N4O. The second-order valence-corrected chi connectivity index (χ2v) is 6.38. The van der Waals surface area contributed by atoms with Crippen molar-refractivity contribution >= 4 is 5.91 Å². The van der Waals surface area contributed by atoms with Crippen molar-refractivity contribution < 1.29 is 4.79 Å². The van der Waals surface area contributed by atoms with E-state index in [-0.39, 0.29) is 5.91 Å². The third-order valence-electron chi connectivity index (χ3n) is 4.94. The number of amides is 1. The molecule has 138 valence electrons. The van der Waals surface area contributed by atoms with Gasteiger partial charge in [0.1, 0.15) is 11.8 Å². The highest BCUT2D eigenvalue weighted by atomic mass is 16.1. The molecule has 1 heterocycles. The van der Waals surface area contributed by atoms with Crippen LogP contribution in [0.15, 0.2) is 48.5 Å². The summed E-state index contributed by atoms with van der Waals surface area (Å²) >= 11 is 0. The molecule has 0 aliphatic carbocycles. The van der Waals surface area contributed by atoms with Crippen LogP contribution in [-0.2, 0) is 13.5 Å². The van der Waals surface area contributed by atoms with Crippen molar-refractivity contribution in [1.29, 1.82) is 10.5 Å². The minimum Gasteiger partial charge on any atom is -0.354 e. The smallest absolute Gasteiger partial charge is 0.268 e. The highest BCUT2D eigenvalue weighted by molar-refractivity contribution is 6.01. The Balaban J connectivity index is 2.19.